The molecule has 1 aliphatic heterocycles. The van der Waals surface area contributed by atoms with Crippen LogP contribution in [0, 0.1) is 0 Å². The van der Waals surface area contributed by atoms with Gasteiger partial charge < -0.3 is 5.32 Å². The number of amidine groups is 1. The largest absolute Gasteiger partial charge is 0.364 e. The number of benzene rings is 1. The third kappa shape index (κ3) is 2.78. The van der Waals surface area contributed by atoms with Crippen LogP contribution >= 0.6 is 0 Å². The predicted molar refractivity (Wildman–Crippen MR) is 94.9 cm³/mol. The second kappa shape index (κ2) is 6.39. The van der Waals surface area contributed by atoms with E-state index in [1.165, 1.54) is 18.2 Å². The number of alkyl halides is 4. The van der Waals surface area contributed by atoms with Gasteiger partial charge in [0.05, 0.1) is 6.54 Å². The van der Waals surface area contributed by atoms with E-state index in [-0.39, 0.29) is 11.4 Å². The molecule has 1 spiro atoms. The standard InChI is InChI=1S/C20H17F4N3O/c1-19(23,24)11-4-5-12-14(9-11)20(7-6-15-13(20)3-2-8-25-15)18(28)27-17(12)26-10-16(21)22/h2-5,8-9,16H,6-7,10H2,1H3,(H,26,27,28). The molecule has 2 aliphatic rings. The van der Waals surface area contributed by atoms with Crippen LogP contribution in [0.5, 0.6) is 0 Å². The summed E-state index contributed by atoms with van der Waals surface area (Å²) in [5.41, 5.74) is 0.617. The molecule has 4 rings (SSSR count). The molecule has 0 fully saturated rings. The van der Waals surface area contributed by atoms with E-state index < -0.39 is 30.2 Å². The Labute approximate surface area is 158 Å². The molecule has 8 heteroatoms. The third-order valence-corrected chi connectivity index (χ3v) is 5.33. The van der Waals surface area contributed by atoms with Crippen molar-refractivity contribution in [1.82, 2.24) is 10.3 Å². The van der Waals surface area contributed by atoms with Crippen molar-refractivity contribution in [3.05, 3.63) is 64.5 Å². The first-order valence-corrected chi connectivity index (χ1v) is 8.86. The number of nitrogens with one attached hydrogen (secondary N) is 1. The van der Waals surface area contributed by atoms with Crippen LogP contribution in [0.3, 0.4) is 0 Å². The van der Waals surface area contributed by atoms with E-state index in [9.17, 15) is 22.4 Å². The minimum atomic E-state index is -3.11. The molecule has 0 bridgehead atoms. The van der Waals surface area contributed by atoms with E-state index in [1.807, 2.05) is 0 Å². The summed E-state index contributed by atoms with van der Waals surface area (Å²) in [6.45, 7) is 0.0859. The predicted octanol–water partition coefficient (Wildman–Crippen LogP) is 3.57. The van der Waals surface area contributed by atoms with Gasteiger partial charge in [0.15, 0.2) is 0 Å². The zero-order valence-electron chi connectivity index (χ0n) is 15.0. The van der Waals surface area contributed by atoms with Gasteiger partial charge >= 0.3 is 0 Å². The number of aromatic nitrogens is 1. The molecule has 1 amide bonds. The van der Waals surface area contributed by atoms with E-state index in [4.69, 9.17) is 0 Å². The van der Waals surface area contributed by atoms with Gasteiger partial charge in [0.25, 0.3) is 18.3 Å². The SMILES string of the molecule is CC(F)(F)c1ccc2c(c1)C1(CCc3ncccc31)C(=O)N=C2NCC(F)F. The van der Waals surface area contributed by atoms with E-state index >= 15 is 0 Å². The Kier molecular flexibility index (Phi) is 4.24. The number of carbonyl (C=O) groups excluding carboxylic acids is 1. The molecule has 0 radical (unpaired) electrons. The average molecular weight is 391 g/mol. The van der Waals surface area contributed by atoms with Gasteiger partial charge in [0.1, 0.15) is 11.3 Å². The van der Waals surface area contributed by atoms with Gasteiger partial charge in [0, 0.05) is 29.9 Å². The summed E-state index contributed by atoms with van der Waals surface area (Å²) in [6, 6.07) is 7.39. The fourth-order valence-electron chi connectivity index (χ4n) is 4.03. The quantitative estimate of drug-likeness (QED) is 0.814. The molecule has 0 saturated heterocycles. The van der Waals surface area contributed by atoms with Crippen LogP contribution in [0.2, 0.25) is 0 Å². The summed E-state index contributed by atoms with van der Waals surface area (Å²) in [5.74, 6) is -3.69. The van der Waals surface area contributed by atoms with Gasteiger partial charge in [-0.15, -0.1) is 0 Å². The summed E-state index contributed by atoms with van der Waals surface area (Å²) in [5, 5.41) is 2.47. The number of aliphatic imine (C=N–C) groups is 1. The first-order chi connectivity index (χ1) is 13.2. The van der Waals surface area contributed by atoms with Crippen molar-refractivity contribution in [2.45, 2.75) is 37.5 Å². The van der Waals surface area contributed by atoms with Crippen LogP contribution in [0.25, 0.3) is 0 Å². The Bertz CT molecular complexity index is 984. The van der Waals surface area contributed by atoms with E-state index in [0.29, 0.717) is 29.5 Å². The average Bonchev–Trinajstić information content (AvgIpc) is 3.03. The topological polar surface area (TPSA) is 54.4 Å². The number of pyridine rings is 1. The molecule has 146 valence electrons. The molecule has 1 atom stereocenters. The summed E-state index contributed by atoms with van der Waals surface area (Å²) in [6.07, 6.45) is -0.187. The fourth-order valence-corrected chi connectivity index (χ4v) is 4.03. The minimum Gasteiger partial charge on any atom is -0.364 e. The molecular formula is C20H17F4N3O. The molecule has 2 heterocycles. The zero-order chi connectivity index (χ0) is 20.1. The Morgan fingerprint density at radius 3 is 2.75 bits per heavy atom. The maximum absolute atomic E-state index is 14.0. The van der Waals surface area contributed by atoms with Crippen LogP contribution in [0.1, 0.15) is 41.3 Å². The third-order valence-electron chi connectivity index (χ3n) is 5.33. The maximum atomic E-state index is 14.0. The number of aryl methyl sites for hydroxylation is 1. The van der Waals surface area contributed by atoms with Gasteiger partial charge in [-0.1, -0.05) is 18.2 Å². The molecule has 1 N–H and O–H groups in total. The summed E-state index contributed by atoms with van der Waals surface area (Å²) >= 11 is 0. The van der Waals surface area contributed by atoms with Crippen LogP contribution < -0.4 is 5.32 Å². The van der Waals surface area contributed by atoms with Crippen molar-refractivity contribution >= 4 is 11.7 Å². The van der Waals surface area contributed by atoms with Crippen molar-refractivity contribution in [3.8, 4) is 0 Å². The number of hydrogen-bond donors (Lipinski definition) is 1. The molecule has 0 saturated carbocycles. The molecule has 1 aromatic carbocycles. The van der Waals surface area contributed by atoms with Crippen LogP contribution in [0.4, 0.5) is 17.6 Å². The lowest BCUT2D eigenvalue weighted by Crippen LogP contribution is -2.43. The second-order valence-electron chi connectivity index (χ2n) is 7.09. The normalized spacial score (nSPS) is 20.9. The number of rotatable bonds is 3. The molecule has 2 aromatic rings. The molecular weight excluding hydrogens is 374 g/mol. The first-order valence-electron chi connectivity index (χ1n) is 8.86. The fraction of sp³-hybridized carbons (Fsp3) is 0.350. The highest BCUT2D eigenvalue weighted by molar-refractivity contribution is 6.14. The monoisotopic (exact) mass is 391 g/mol. The lowest BCUT2D eigenvalue weighted by atomic mass is 9.71. The number of fused-ring (bicyclic) bond motifs is 4. The van der Waals surface area contributed by atoms with Crippen LogP contribution in [-0.2, 0) is 22.6 Å². The molecule has 28 heavy (non-hydrogen) atoms. The molecule has 1 aromatic heterocycles. The summed E-state index contributed by atoms with van der Waals surface area (Å²) in [4.78, 5) is 21.5. The number of amides is 1. The second-order valence-corrected chi connectivity index (χ2v) is 7.09. The van der Waals surface area contributed by atoms with E-state index in [1.54, 1.807) is 18.3 Å². The maximum Gasteiger partial charge on any atom is 0.270 e. The van der Waals surface area contributed by atoms with E-state index in [0.717, 1.165) is 12.6 Å². The summed E-state index contributed by atoms with van der Waals surface area (Å²) < 4.78 is 53.3. The van der Waals surface area contributed by atoms with Crippen molar-refractivity contribution in [2.75, 3.05) is 6.54 Å². The Morgan fingerprint density at radius 1 is 1.25 bits per heavy atom. The van der Waals surface area contributed by atoms with Gasteiger partial charge in [-0.2, -0.15) is 4.99 Å². The van der Waals surface area contributed by atoms with Gasteiger partial charge in [-0.3, -0.25) is 9.78 Å². The number of halogens is 4. The highest BCUT2D eigenvalue weighted by atomic mass is 19.3. The van der Waals surface area contributed by atoms with Crippen molar-refractivity contribution in [1.29, 1.82) is 0 Å². The number of nitrogens with zero attached hydrogens (tertiary/aromatic N) is 2. The number of carbonyl (C=O) groups is 1. The van der Waals surface area contributed by atoms with Crippen LogP contribution in [0.15, 0.2) is 41.5 Å². The first kappa shape index (κ1) is 18.6. The Morgan fingerprint density at radius 2 is 2.04 bits per heavy atom. The van der Waals surface area contributed by atoms with Gasteiger partial charge in [0.2, 0.25) is 0 Å². The molecule has 4 nitrogen and oxygen atoms in total. The Hall–Kier alpha value is -2.77. The van der Waals surface area contributed by atoms with Gasteiger partial charge in [-0.05, 0) is 36.1 Å². The van der Waals surface area contributed by atoms with Crippen LogP contribution in [-0.4, -0.2) is 29.7 Å². The van der Waals surface area contributed by atoms with Crippen molar-refractivity contribution < 1.29 is 22.4 Å². The van der Waals surface area contributed by atoms with Crippen molar-refractivity contribution in [2.24, 2.45) is 4.99 Å². The zero-order valence-corrected chi connectivity index (χ0v) is 15.0. The lowest BCUT2D eigenvalue weighted by molar-refractivity contribution is -0.122. The Balaban J connectivity index is 1.93. The lowest BCUT2D eigenvalue weighted by Gasteiger charge is -2.34. The number of hydrogen-bond acceptors (Lipinski definition) is 3. The molecule has 1 unspecified atom stereocenters. The van der Waals surface area contributed by atoms with Crippen molar-refractivity contribution in [3.63, 3.8) is 0 Å². The molecule has 1 aliphatic carbocycles. The highest BCUT2D eigenvalue weighted by Gasteiger charge is 2.51. The smallest absolute Gasteiger partial charge is 0.270 e. The minimum absolute atomic E-state index is 0.0192. The summed E-state index contributed by atoms with van der Waals surface area (Å²) in [7, 11) is 0. The van der Waals surface area contributed by atoms with Gasteiger partial charge in [-0.25, -0.2) is 17.6 Å². The van der Waals surface area contributed by atoms with E-state index in [2.05, 4.69) is 15.3 Å². The highest BCUT2D eigenvalue weighted by Crippen LogP contribution is 2.48.